The highest BCUT2D eigenvalue weighted by Gasteiger charge is 2.70. The summed E-state index contributed by atoms with van der Waals surface area (Å²) in [6.45, 7) is 1.83. The molecule has 1 saturated heterocycles. The van der Waals surface area contributed by atoms with E-state index < -0.39 is 35.5 Å². The van der Waals surface area contributed by atoms with Gasteiger partial charge in [0.25, 0.3) is 11.8 Å². The van der Waals surface area contributed by atoms with Crippen LogP contribution in [0.1, 0.15) is 23.8 Å². The van der Waals surface area contributed by atoms with Gasteiger partial charge in [-0.3, -0.25) is 19.5 Å². The number of pyridine rings is 1. The summed E-state index contributed by atoms with van der Waals surface area (Å²) in [5, 5.41) is 0. The molecule has 8 nitrogen and oxygen atoms in total. The van der Waals surface area contributed by atoms with E-state index in [0.717, 1.165) is 17.0 Å². The van der Waals surface area contributed by atoms with Crippen LogP contribution in [0.4, 0.5) is 35.0 Å². The lowest BCUT2D eigenvalue weighted by Crippen LogP contribution is -2.39. The molecule has 11 heteroatoms. The normalized spacial score (nSPS) is 20.9. The number of ether oxygens (including phenoxy) is 1. The summed E-state index contributed by atoms with van der Waals surface area (Å²) in [4.78, 5) is 48.0. The van der Waals surface area contributed by atoms with E-state index in [-0.39, 0.29) is 17.3 Å². The fraction of sp³-hybridized carbons (Fsp3) is 0.231. The van der Waals surface area contributed by atoms with Crippen molar-refractivity contribution in [1.82, 2.24) is 4.98 Å². The van der Waals surface area contributed by atoms with Crippen LogP contribution in [0.25, 0.3) is 0 Å². The van der Waals surface area contributed by atoms with Crippen LogP contribution >= 0.6 is 0 Å². The first-order chi connectivity index (χ1) is 17.5. The Morgan fingerprint density at radius 1 is 1.05 bits per heavy atom. The number of carbonyl (C=O) groups excluding carboxylic acids is 3. The lowest BCUT2D eigenvalue weighted by molar-refractivity contribution is -0.274. The lowest BCUT2D eigenvalue weighted by atomic mass is 10.1. The maximum Gasteiger partial charge on any atom is 0.573 e. The Morgan fingerprint density at radius 2 is 1.70 bits per heavy atom. The summed E-state index contributed by atoms with van der Waals surface area (Å²) in [6.07, 6.45) is -3.07. The average Bonchev–Trinajstić information content (AvgIpc) is 3.49. The standard InChI is InChI=1S/C26H21F3N4O4/c1-16-15-25(16)23(35)32(18-8-10-20(11-9-18)37-26(27,28)29)24(36)33(25)19-12-13-30-21(14-19)22(34)31(2)17-6-4-3-5-7-17/h3-14,16H,15H2,1-2H3. The number of carbonyl (C=O) groups is 3. The molecule has 0 bridgehead atoms. The lowest BCUT2D eigenvalue weighted by Gasteiger charge is -2.23. The molecule has 2 aromatic carbocycles. The van der Waals surface area contributed by atoms with Gasteiger partial charge >= 0.3 is 12.4 Å². The van der Waals surface area contributed by atoms with Gasteiger partial charge < -0.3 is 9.64 Å². The zero-order chi connectivity index (χ0) is 26.5. The third-order valence-corrected chi connectivity index (χ3v) is 6.62. The summed E-state index contributed by atoms with van der Waals surface area (Å²) in [5.41, 5.74) is 0.0236. The van der Waals surface area contributed by atoms with E-state index in [2.05, 4.69) is 9.72 Å². The third kappa shape index (κ3) is 4.15. The van der Waals surface area contributed by atoms with Crippen molar-refractivity contribution in [3.63, 3.8) is 0 Å². The van der Waals surface area contributed by atoms with Crippen LogP contribution in [0.2, 0.25) is 0 Å². The molecule has 0 radical (unpaired) electrons. The number of aromatic nitrogens is 1. The quantitative estimate of drug-likeness (QED) is 0.451. The molecule has 5 rings (SSSR count). The molecule has 1 saturated carbocycles. The predicted octanol–water partition coefficient (Wildman–Crippen LogP) is 5.01. The second-order valence-electron chi connectivity index (χ2n) is 8.93. The number of hydrogen-bond acceptors (Lipinski definition) is 5. The summed E-state index contributed by atoms with van der Waals surface area (Å²) < 4.78 is 41.4. The highest BCUT2D eigenvalue weighted by atomic mass is 19.4. The smallest absolute Gasteiger partial charge is 0.406 e. The molecule has 2 aliphatic rings. The van der Waals surface area contributed by atoms with Gasteiger partial charge in [0.2, 0.25) is 0 Å². The summed E-state index contributed by atoms with van der Waals surface area (Å²) >= 11 is 0. The minimum Gasteiger partial charge on any atom is -0.406 e. The summed E-state index contributed by atoms with van der Waals surface area (Å²) in [6, 6.07) is 15.8. The summed E-state index contributed by atoms with van der Waals surface area (Å²) in [5.74, 6) is -1.52. The topological polar surface area (TPSA) is 83.0 Å². The number of nitrogens with zero attached hydrogens (tertiary/aromatic N) is 4. The first-order valence-corrected chi connectivity index (χ1v) is 11.4. The van der Waals surface area contributed by atoms with Gasteiger partial charge in [-0.15, -0.1) is 13.2 Å². The second-order valence-corrected chi connectivity index (χ2v) is 8.93. The zero-order valence-electron chi connectivity index (χ0n) is 19.8. The SMILES string of the molecule is CC1CC12C(=O)N(c1ccc(OC(F)(F)F)cc1)C(=O)N2c1ccnc(C(=O)N(C)c2ccccc2)c1. The molecule has 1 spiro atoms. The van der Waals surface area contributed by atoms with E-state index in [1.165, 1.54) is 34.2 Å². The predicted molar refractivity (Wildman–Crippen MR) is 128 cm³/mol. The van der Waals surface area contributed by atoms with Crippen LogP contribution in [0.15, 0.2) is 72.9 Å². The second kappa shape index (κ2) is 8.61. The van der Waals surface area contributed by atoms with Gasteiger partial charge in [-0.2, -0.15) is 0 Å². The van der Waals surface area contributed by atoms with E-state index in [1.54, 1.807) is 37.4 Å². The van der Waals surface area contributed by atoms with Crippen LogP contribution in [-0.4, -0.2) is 41.8 Å². The van der Waals surface area contributed by atoms with Crippen LogP contribution in [0.3, 0.4) is 0 Å². The Bertz CT molecular complexity index is 1380. The first kappa shape index (κ1) is 24.3. The van der Waals surface area contributed by atoms with Crippen molar-refractivity contribution < 1.29 is 32.3 Å². The van der Waals surface area contributed by atoms with Gasteiger partial charge in [-0.25, -0.2) is 9.69 Å². The van der Waals surface area contributed by atoms with Gasteiger partial charge in [-0.05, 0) is 60.9 Å². The van der Waals surface area contributed by atoms with E-state index in [9.17, 15) is 27.6 Å². The van der Waals surface area contributed by atoms with Crippen molar-refractivity contribution in [2.24, 2.45) is 5.92 Å². The van der Waals surface area contributed by atoms with Gasteiger partial charge in [0.1, 0.15) is 17.0 Å². The molecule has 190 valence electrons. The molecule has 4 amide bonds. The molecule has 2 unspecified atom stereocenters. The van der Waals surface area contributed by atoms with Crippen molar-refractivity contribution >= 4 is 34.9 Å². The number of anilines is 3. The average molecular weight is 510 g/mol. The molecule has 2 atom stereocenters. The van der Waals surface area contributed by atoms with Crippen LogP contribution < -0.4 is 19.4 Å². The number of amides is 4. The molecular weight excluding hydrogens is 489 g/mol. The Kier molecular flexibility index (Phi) is 5.65. The highest BCUT2D eigenvalue weighted by molar-refractivity contribution is 6.32. The number of benzene rings is 2. The molecule has 0 N–H and O–H groups in total. The maximum absolute atomic E-state index is 13.6. The zero-order valence-corrected chi connectivity index (χ0v) is 19.8. The van der Waals surface area contributed by atoms with Crippen LogP contribution in [-0.2, 0) is 4.79 Å². The largest absolute Gasteiger partial charge is 0.573 e. The fourth-order valence-electron chi connectivity index (χ4n) is 4.65. The molecule has 3 aromatic rings. The molecule has 37 heavy (non-hydrogen) atoms. The molecule has 1 aliphatic heterocycles. The van der Waals surface area contributed by atoms with Crippen LogP contribution in [0, 0.1) is 5.92 Å². The van der Waals surface area contributed by atoms with E-state index in [0.29, 0.717) is 17.8 Å². The molecule has 2 fully saturated rings. The molecular formula is C26H21F3N4O4. The van der Waals surface area contributed by atoms with Crippen molar-refractivity contribution in [2.45, 2.75) is 25.2 Å². The van der Waals surface area contributed by atoms with Gasteiger partial charge in [0, 0.05) is 18.9 Å². The van der Waals surface area contributed by atoms with Gasteiger partial charge in [0.05, 0.1) is 11.4 Å². The van der Waals surface area contributed by atoms with Crippen molar-refractivity contribution in [3.8, 4) is 5.75 Å². The fourth-order valence-corrected chi connectivity index (χ4v) is 4.65. The van der Waals surface area contributed by atoms with Crippen molar-refractivity contribution in [3.05, 3.63) is 78.6 Å². The van der Waals surface area contributed by atoms with E-state index in [1.807, 2.05) is 13.0 Å². The Labute approximate surface area is 209 Å². The van der Waals surface area contributed by atoms with E-state index >= 15 is 0 Å². The Morgan fingerprint density at radius 3 is 2.30 bits per heavy atom. The van der Waals surface area contributed by atoms with Gasteiger partial charge in [0.15, 0.2) is 0 Å². The molecule has 2 heterocycles. The van der Waals surface area contributed by atoms with Gasteiger partial charge in [-0.1, -0.05) is 25.1 Å². The number of hydrogen-bond donors (Lipinski definition) is 0. The first-order valence-electron chi connectivity index (χ1n) is 11.4. The highest BCUT2D eigenvalue weighted by Crippen LogP contribution is 2.55. The maximum atomic E-state index is 13.6. The summed E-state index contributed by atoms with van der Waals surface area (Å²) in [7, 11) is 1.61. The van der Waals surface area contributed by atoms with Crippen molar-refractivity contribution in [1.29, 1.82) is 0 Å². The number of halogens is 3. The van der Waals surface area contributed by atoms with E-state index in [4.69, 9.17) is 0 Å². The number of urea groups is 1. The third-order valence-electron chi connectivity index (χ3n) is 6.62. The number of imide groups is 1. The number of rotatable bonds is 5. The Balaban J connectivity index is 1.46. The number of alkyl halides is 3. The number of para-hydroxylation sites is 1. The minimum absolute atomic E-state index is 0.0830. The molecule has 1 aromatic heterocycles. The van der Waals surface area contributed by atoms with Crippen LogP contribution in [0.5, 0.6) is 5.75 Å². The monoisotopic (exact) mass is 510 g/mol. The minimum atomic E-state index is -4.86. The molecule has 1 aliphatic carbocycles. The Hall–Kier alpha value is -4.41. The van der Waals surface area contributed by atoms with Crippen molar-refractivity contribution in [2.75, 3.05) is 21.7 Å².